The molecule has 0 aliphatic carbocycles. The van der Waals surface area contributed by atoms with Gasteiger partial charge in [-0.25, -0.2) is 9.97 Å². The summed E-state index contributed by atoms with van der Waals surface area (Å²) in [4.78, 5) is 20.2. The molecule has 0 bridgehead atoms. The Morgan fingerprint density at radius 1 is 1.10 bits per heavy atom. The third-order valence-electron chi connectivity index (χ3n) is 2.78. The van der Waals surface area contributed by atoms with E-state index in [2.05, 4.69) is 25.5 Å². The second-order valence-electron chi connectivity index (χ2n) is 4.02. The molecular formula is C13H10N6O. The van der Waals surface area contributed by atoms with Crippen LogP contribution in [-0.2, 0) is 0 Å². The van der Waals surface area contributed by atoms with Gasteiger partial charge >= 0.3 is 0 Å². The molecule has 0 fully saturated rings. The molecule has 2 heterocycles. The van der Waals surface area contributed by atoms with E-state index < -0.39 is 0 Å². The molecule has 2 aromatic heterocycles. The number of rotatable bonds is 2. The molecule has 0 aliphatic rings. The Bertz CT molecular complexity index is 774. The number of amides is 1. The Labute approximate surface area is 113 Å². The van der Waals surface area contributed by atoms with Crippen LogP contribution in [0.3, 0.4) is 0 Å². The number of hydrogen-bond acceptors (Lipinski definition) is 6. The number of nitrogen functional groups attached to an aromatic ring is 1. The zero-order chi connectivity index (χ0) is 13.9. The molecule has 7 heteroatoms. The molecule has 0 saturated heterocycles. The smallest absolute Gasteiger partial charge is 0.260 e. The molecule has 3 N–H and O–H groups in total. The lowest BCUT2D eigenvalue weighted by Crippen LogP contribution is -2.15. The fraction of sp³-hybridized carbons (Fsp3) is 0. The van der Waals surface area contributed by atoms with Gasteiger partial charge < -0.3 is 5.73 Å². The molecule has 3 aromatic rings. The van der Waals surface area contributed by atoms with Crippen LogP contribution in [0.5, 0.6) is 0 Å². The number of benzene rings is 1. The first-order valence-corrected chi connectivity index (χ1v) is 5.84. The molecule has 0 saturated carbocycles. The standard InChI is InChI=1S/C13H10N6O/c14-11-9-4-2-1-3-8(9)10(7-16-11)12(20)18-13-15-5-6-17-19-13/h1-7H,(H2,14,16)(H,15,18,19,20). The van der Waals surface area contributed by atoms with Crippen LogP contribution in [-0.4, -0.2) is 26.1 Å². The number of nitrogens with two attached hydrogens (primary N) is 1. The van der Waals surface area contributed by atoms with Gasteiger partial charge in [0.25, 0.3) is 5.91 Å². The minimum absolute atomic E-state index is 0.137. The number of hydrogen-bond donors (Lipinski definition) is 2. The van der Waals surface area contributed by atoms with Gasteiger partial charge in [0, 0.05) is 11.6 Å². The SMILES string of the molecule is Nc1ncc(C(=O)Nc2nccnn2)c2ccccc12. The summed E-state index contributed by atoms with van der Waals surface area (Å²) < 4.78 is 0. The zero-order valence-corrected chi connectivity index (χ0v) is 10.3. The number of carbonyl (C=O) groups excluding carboxylic acids is 1. The van der Waals surface area contributed by atoms with E-state index in [-0.39, 0.29) is 11.9 Å². The van der Waals surface area contributed by atoms with Crippen molar-refractivity contribution in [2.24, 2.45) is 0 Å². The maximum absolute atomic E-state index is 12.2. The second-order valence-corrected chi connectivity index (χ2v) is 4.02. The summed E-state index contributed by atoms with van der Waals surface area (Å²) in [7, 11) is 0. The number of aromatic nitrogens is 4. The lowest BCUT2D eigenvalue weighted by molar-refractivity contribution is 0.102. The predicted octanol–water partition coefficient (Wildman–Crippen LogP) is 1.25. The number of nitrogens with one attached hydrogen (secondary N) is 1. The van der Waals surface area contributed by atoms with Gasteiger partial charge in [0.15, 0.2) is 0 Å². The summed E-state index contributed by atoms with van der Waals surface area (Å²) in [5, 5.41) is 11.4. The number of nitrogens with zero attached hydrogens (tertiary/aromatic N) is 4. The summed E-state index contributed by atoms with van der Waals surface area (Å²) in [5.41, 5.74) is 6.21. The molecule has 0 spiro atoms. The molecule has 7 nitrogen and oxygen atoms in total. The monoisotopic (exact) mass is 266 g/mol. The maximum Gasteiger partial charge on any atom is 0.260 e. The van der Waals surface area contributed by atoms with Crippen molar-refractivity contribution in [2.45, 2.75) is 0 Å². The van der Waals surface area contributed by atoms with Crippen molar-refractivity contribution in [1.82, 2.24) is 20.2 Å². The van der Waals surface area contributed by atoms with Gasteiger partial charge in [0.05, 0.1) is 18.0 Å². The summed E-state index contributed by atoms with van der Waals surface area (Å²) in [5.74, 6) is 0.162. The average molecular weight is 266 g/mol. The summed E-state index contributed by atoms with van der Waals surface area (Å²) in [6.45, 7) is 0. The Morgan fingerprint density at radius 3 is 2.65 bits per heavy atom. The topological polar surface area (TPSA) is 107 Å². The van der Waals surface area contributed by atoms with Gasteiger partial charge in [-0.1, -0.05) is 24.3 Å². The third kappa shape index (κ3) is 2.12. The second kappa shape index (κ2) is 4.88. The number of pyridine rings is 1. The Morgan fingerprint density at radius 2 is 1.90 bits per heavy atom. The van der Waals surface area contributed by atoms with Gasteiger partial charge in [-0.2, -0.15) is 5.10 Å². The molecule has 1 amide bonds. The van der Waals surface area contributed by atoms with Crippen LogP contribution in [0.2, 0.25) is 0 Å². The normalized spacial score (nSPS) is 10.4. The molecule has 20 heavy (non-hydrogen) atoms. The zero-order valence-electron chi connectivity index (χ0n) is 10.3. The van der Waals surface area contributed by atoms with Crippen LogP contribution >= 0.6 is 0 Å². The van der Waals surface area contributed by atoms with Crippen molar-refractivity contribution in [2.75, 3.05) is 11.1 Å². The van der Waals surface area contributed by atoms with E-state index in [1.807, 2.05) is 24.3 Å². The molecule has 0 atom stereocenters. The van der Waals surface area contributed by atoms with Crippen molar-refractivity contribution in [3.63, 3.8) is 0 Å². The average Bonchev–Trinajstić information content (AvgIpc) is 2.49. The molecule has 0 radical (unpaired) electrons. The molecule has 0 unspecified atom stereocenters. The first-order chi connectivity index (χ1) is 9.75. The Balaban J connectivity index is 2.02. The van der Waals surface area contributed by atoms with Gasteiger partial charge in [-0.05, 0) is 5.39 Å². The van der Waals surface area contributed by atoms with Crippen LogP contribution in [0, 0.1) is 0 Å². The minimum atomic E-state index is -0.360. The first kappa shape index (κ1) is 12.0. The molecular weight excluding hydrogens is 256 g/mol. The van der Waals surface area contributed by atoms with E-state index in [1.54, 1.807) is 0 Å². The highest BCUT2D eigenvalue weighted by Gasteiger charge is 2.13. The Hall–Kier alpha value is -3.09. The molecule has 98 valence electrons. The van der Waals surface area contributed by atoms with E-state index >= 15 is 0 Å². The molecule has 3 rings (SSSR count). The fourth-order valence-electron chi connectivity index (χ4n) is 1.87. The van der Waals surface area contributed by atoms with Gasteiger partial charge in [-0.3, -0.25) is 10.1 Å². The highest BCUT2D eigenvalue weighted by Crippen LogP contribution is 2.22. The number of carbonyl (C=O) groups is 1. The van der Waals surface area contributed by atoms with Crippen LogP contribution in [0.15, 0.2) is 42.9 Å². The lowest BCUT2D eigenvalue weighted by Gasteiger charge is -2.07. The highest BCUT2D eigenvalue weighted by atomic mass is 16.1. The van der Waals surface area contributed by atoms with E-state index in [9.17, 15) is 4.79 Å². The van der Waals surface area contributed by atoms with Crippen molar-refractivity contribution < 1.29 is 4.79 Å². The molecule has 1 aromatic carbocycles. The maximum atomic E-state index is 12.2. The van der Waals surface area contributed by atoms with E-state index in [0.29, 0.717) is 11.4 Å². The van der Waals surface area contributed by atoms with Gasteiger partial charge in [-0.15, -0.1) is 5.10 Å². The summed E-state index contributed by atoms with van der Waals surface area (Å²) >= 11 is 0. The van der Waals surface area contributed by atoms with E-state index in [1.165, 1.54) is 18.6 Å². The fourth-order valence-corrected chi connectivity index (χ4v) is 1.87. The van der Waals surface area contributed by atoms with E-state index in [0.717, 1.165) is 10.8 Å². The summed E-state index contributed by atoms with van der Waals surface area (Å²) in [6, 6.07) is 7.30. The third-order valence-corrected chi connectivity index (χ3v) is 2.78. The number of anilines is 2. The van der Waals surface area contributed by atoms with Crippen molar-refractivity contribution in [3.8, 4) is 0 Å². The van der Waals surface area contributed by atoms with Crippen LogP contribution in [0.25, 0.3) is 10.8 Å². The highest BCUT2D eigenvalue weighted by molar-refractivity contribution is 6.13. The van der Waals surface area contributed by atoms with Crippen LogP contribution in [0.4, 0.5) is 11.8 Å². The van der Waals surface area contributed by atoms with Gasteiger partial charge in [0.2, 0.25) is 5.95 Å². The van der Waals surface area contributed by atoms with Crippen LogP contribution in [0.1, 0.15) is 10.4 Å². The predicted molar refractivity (Wildman–Crippen MR) is 73.9 cm³/mol. The van der Waals surface area contributed by atoms with Crippen molar-refractivity contribution >= 4 is 28.4 Å². The first-order valence-electron chi connectivity index (χ1n) is 5.84. The number of fused-ring (bicyclic) bond motifs is 1. The van der Waals surface area contributed by atoms with Crippen molar-refractivity contribution in [3.05, 3.63) is 48.4 Å². The van der Waals surface area contributed by atoms with Crippen molar-refractivity contribution in [1.29, 1.82) is 0 Å². The Kier molecular flexibility index (Phi) is 2.92. The minimum Gasteiger partial charge on any atom is -0.383 e. The quantitative estimate of drug-likeness (QED) is 0.723. The van der Waals surface area contributed by atoms with Gasteiger partial charge in [0.1, 0.15) is 5.82 Å². The van der Waals surface area contributed by atoms with E-state index in [4.69, 9.17) is 5.73 Å². The van der Waals surface area contributed by atoms with Crippen LogP contribution < -0.4 is 11.1 Å². The molecule has 0 aliphatic heterocycles. The largest absolute Gasteiger partial charge is 0.383 e. The summed E-state index contributed by atoms with van der Waals surface area (Å²) in [6.07, 6.45) is 4.31. The lowest BCUT2D eigenvalue weighted by atomic mass is 10.1.